The van der Waals surface area contributed by atoms with E-state index in [0.29, 0.717) is 0 Å². The van der Waals surface area contributed by atoms with Gasteiger partial charge in [-0.1, -0.05) is 6.42 Å². The highest BCUT2D eigenvalue weighted by atomic mass is 16.5. The van der Waals surface area contributed by atoms with Crippen molar-refractivity contribution in [2.24, 2.45) is 11.7 Å². The first-order valence-electron chi connectivity index (χ1n) is 6.16. The van der Waals surface area contributed by atoms with Crippen LogP contribution in [0.5, 0.6) is 5.75 Å². The molecule has 0 heterocycles. The van der Waals surface area contributed by atoms with Crippen LogP contribution in [0.4, 0.5) is 0 Å². The van der Waals surface area contributed by atoms with Crippen LogP contribution < -0.4 is 10.5 Å². The number of ether oxygens (including phenoxy) is 1. The van der Waals surface area contributed by atoms with Crippen LogP contribution in [-0.2, 0) is 0 Å². The third kappa shape index (κ3) is 2.60. The molecule has 0 bridgehead atoms. The van der Waals surface area contributed by atoms with Crippen LogP contribution in [0.1, 0.15) is 36.0 Å². The Hall–Kier alpha value is -1.51. The maximum atomic E-state index is 7.45. The SMILES string of the molecule is Cc1cc(C(=N)N)cc(C)c1OCC1CCC1. The Bertz CT molecular complexity index is 413. The van der Waals surface area contributed by atoms with Crippen molar-refractivity contribution in [1.82, 2.24) is 0 Å². The Kier molecular flexibility index (Phi) is 3.36. The number of amidine groups is 1. The number of nitrogen functional groups attached to an aromatic ring is 1. The molecular weight excluding hydrogens is 212 g/mol. The molecule has 92 valence electrons. The summed E-state index contributed by atoms with van der Waals surface area (Å²) in [7, 11) is 0. The standard InChI is InChI=1S/C14H20N2O/c1-9-6-12(14(15)16)7-10(2)13(9)17-8-11-4-3-5-11/h6-7,11H,3-5,8H2,1-2H3,(H3,15,16). The predicted octanol–water partition coefficient (Wildman–Crippen LogP) is 2.77. The van der Waals surface area contributed by atoms with E-state index >= 15 is 0 Å². The van der Waals surface area contributed by atoms with Crippen molar-refractivity contribution in [2.45, 2.75) is 33.1 Å². The average Bonchev–Trinajstić information content (AvgIpc) is 2.18. The van der Waals surface area contributed by atoms with Crippen LogP contribution in [-0.4, -0.2) is 12.4 Å². The van der Waals surface area contributed by atoms with Crippen LogP contribution in [0, 0.1) is 25.2 Å². The monoisotopic (exact) mass is 232 g/mol. The summed E-state index contributed by atoms with van der Waals surface area (Å²) in [5, 5.41) is 7.45. The molecule has 0 atom stereocenters. The predicted molar refractivity (Wildman–Crippen MR) is 69.8 cm³/mol. The van der Waals surface area contributed by atoms with Crippen LogP contribution in [0.3, 0.4) is 0 Å². The maximum absolute atomic E-state index is 7.45. The lowest BCUT2D eigenvalue weighted by Gasteiger charge is -2.26. The average molecular weight is 232 g/mol. The van der Waals surface area contributed by atoms with Crippen molar-refractivity contribution in [3.63, 3.8) is 0 Å². The molecule has 1 aliphatic carbocycles. The summed E-state index contributed by atoms with van der Waals surface area (Å²) >= 11 is 0. The van der Waals surface area contributed by atoms with Crippen LogP contribution >= 0.6 is 0 Å². The van der Waals surface area contributed by atoms with Crippen molar-refractivity contribution in [2.75, 3.05) is 6.61 Å². The minimum atomic E-state index is 0.113. The second kappa shape index (κ2) is 4.78. The molecule has 1 aromatic rings. The molecule has 2 rings (SSSR count). The van der Waals surface area contributed by atoms with Gasteiger partial charge in [-0.2, -0.15) is 0 Å². The fraction of sp³-hybridized carbons (Fsp3) is 0.500. The molecular formula is C14H20N2O. The highest BCUT2D eigenvalue weighted by Crippen LogP contribution is 2.30. The fourth-order valence-corrected chi connectivity index (χ4v) is 2.19. The lowest BCUT2D eigenvalue weighted by molar-refractivity contribution is 0.179. The lowest BCUT2D eigenvalue weighted by atomic mass is 9.86. The maximum Gasteiger partial charge on any atom is 0.125 e. The zero-order valence-electron chi connectivity index (χ0n) is 10.5. The fourth-order valence-electron chi connectivity index (χ4n) is 2.19. The van der Waals surface area contributed by atoms with Gasteiger partial charge in [-0.25, -0.2) is 0 Å². The van der Waals surface area contributed by atoms with Crippen molar-refractivity contribution < 1.29 is 4.74 Å². The number of aryl methyl sites for hydroxylation is 2. The first-order chi connectivity index (χ1) is 8.08. The quantitative estimate of drug-likeness (QED) is 0.619. The van der Waals surface area contributed by atoms with E-state index in [4.69, 9.17) is 15.9 Å². The van der Waals surface area contributed by atoms with Crippen LogP contribution in [0.2, 0.25) is 0 Å². The van der Waals surface area contributed by atoms with E-state index in [1.165, 1.54) is 19.3 Å². The molecule has 0 aliphatic heterocycles. The summed E-state index contributed by atoms with van der Waals surface area (Å²) in [5.74, 6) is 1.81. The molecule has 0 spiro atoms. The van der Waals surface area contributed by atoms with E-state index in [1.807, 2.05) is 26.0 Å². The third-order valence-corrected chi connectivity index (χ3v) is 3.46. The van der Waals surface area contributed by atoms with Crippen LogP contribution in [0.15, 0.2) is 12.1 Å². The van der Waals surface area contributed by atoms with E-state index < -0.39 is 0 Å². The molecule has 3 N–H and O–H groups in total. The topological polar surface area (TPSA) is 59.1 Å². The van der Waals surface area contributed by atoms with Crippen molar-refractivity contribution in [3.05, 3.63) is 28.8 Å². The Labute approximate surface area is 102 Å². The number of nitrogens with one attached hydrogen (secondary N) is 1. The molecule has 0 aromatic heterocycles. The molecule has 0 radical (unpaired) electrons. The Morgan fingerprint density at radius 2 is 1.94 bits per heavy atom. The highest BCUT2D eigenvalue weighted by molar-refractivity contribution is 5.95. The van der Waals surface area contributed by atoms with Gasteiger partial charge in [-0.15, -0.1) is 0 Å². The Balaban J connectivity index is 2.12. The first kappa shape index (κ1) is 12.0. The van der Waals surface area contributed by atoms with Crippen molar-refractivity contribution in [1.29, 1.82) is 5.41 Å². The number of nitrogens with two attached hydrogens (primary N) is 1. The summed E-state index contributed by atoms with van der Waals surface area (Å²) in [6, 6.07) is 3.84. The molecule has 3 nitrogen and oxygen atoms in total. The number of hydrogen-bond acceptors (Lipinski definition) is 2. The zero-order chi connectivity index (χ0) is 12.4. The molecule has 1 aromatic carbocycles. The normalized spacial score (nSPS) is 15.4. The number of benzene rings is 1. The van der Waals surface area contributed by atoms with Gasteiger partial charge in [0.25, 0.3) is 0 Å². The van der Waals surface area contributed by atoms with Gasteiger partial charge in [0.2, 0.25) is 0 Å². The summed E-state index contributed by atoms with van der Waals surface area (Å²) < 4.78 is 5.89. The van der Waals surface area contributed by atoms with Gasteiger partial charge < -0.3 is 10.5 Å². The summed E-state index contributed by atoms with van der Waals surface area (Å²) in [6.07, 6.45) is 3.93. The van der Waals surface area contributed by atoms with E-state index in [2.05, 4.69) is 0 Å². The van der Waals surface area contributed by atoms with Crippen LogP contribution in [0.25, 0.3) is 0 Å². The van der Waals surface area contributed by atoms with Gasteiger partial charge >= 0.3 is 0 Å². The van der Waals surface area contributed by atoms with Gasteiger partial charge in [-0.3, -0.25) is 5.41 Å². The number of hydrogen-bond donors (Lipinski definition) is 2. The van der Waals surface area contributed by atoms with Gasteiger partial charge in [-0.05, 0) is 55.9 Å². The van der Waals surface area contributed by atoms with Gasteiger partial charge in [0.15, 0.2) is 0 Å². The van der Waals surface area contributed by atoms with Gasteiger partial charge in [0.05, 0.1) is 6.61 Å². The molecule has 0 amide bonds. The molecule has 1 aliphatic rings. The van der Waals surface area contributed by atoms with E-state index in [9.17, 15) is 0 Å². The Morgan fingerprint density at radius 3 is 2.35 bits per heavy atom. The van der Waals surface area contributed by atoms with Crippen molar-refractivity contribution >= 4 is 5.84 Å². The summed E-state index contributed by atoms with van der Waals surface area (Å²) in [5.41, 5.74) is 8.40. The van der Waals surface area contributed by atoms with E-state index in [-0.39, 0.29) is 5.84 Å². The Morgan fingerprint density at radius 1 is 1.35 bits per heavy atom. The summed E-state index contributed by atoms with van der Waals surface area (Å²) in [4.78, 5) is 0. The minimum absolute atomic E-state index is 0.113. The zero-order valence-corrected chi connectivity index (χ0v) is 10.5. The molecule has 0 unspecified atom stereocenters. The minimum Gasteiger partial charge on any atom is -0.493 e. The smallest absolute Gasteiger partial charge is 0.125 e. The molecule has 1 fully saturated rings. The first-order valence-corrected chi connectivity index (χ1v) is 6.16. The molecule has 3 heteroatoms. The van der Waals surface area contributed by atoms with Crippen molar-refractivity contribution in [3.8, 4) is 5.75 Å². The molecule has 17 heavy (non-hydrogen) atoms. The second-order valence-corrected chi connectivity index (χ2v) is 4.96. The third-order valence-electron chi connectivity index (χ3n) is 3.46. The van der Waals surface area contributed by atoms with Gasteiger partial charge in [0.1, 0.15) is 11.6 Å². The summed E-state index contributed by atoms with van der Waals surface area (Å²) in [6.45, 7) is 4.84. The second-order valence-electron chi connectivity index (χ2n) is 4.96. The molecule has 0 saturated heterocycles. The number of rotatable bonds is 4. The van der Waals surface area contributed by atoms with E-state index in [0.717, 1.165) is 35.0 Å². The van der Waals surface area contributed by atoms with Gasteiger partial charge in [0, 0.05) is 5.56 Å². The highest BCUT2D eigenvalue weighted by Gasteiger charge is 2.19. The lowest BCUT2D eigenvalue weighted by Crippen LogP contribution is -2.20. The molecule has 1 saturated carbocycles. The largest absolute Gasteiger partial charge is 0.493 e. The van der Waals surface area contributed by atoms with E-state index in [1.54, 1.807) is 0 Å².